The van der Waals surface area contributed by atoms with Crippen LogP contribution >= 0.6 is 11.3 Å². The molecule has 3 aromatic heterocycles. The molecule has 0 radical (unpaired) electrons. The Morgan fingerprint density at radius 3 is 2.68 bits per heavy atom. The number of carbonyl (C=O) groups is 1. The van der Waals surface area contributed by atoms with Crippen molar-refractivity contribution in [3.05, 3.63) is 82.4 Å². The molecule has 31 heavy (non-hydrogen) atoms. The molecule has 7 heteroatoms. The molecule has 1 N–H and O–H groups in total. The van der Waals surface area contributed by atoms with Gasteiger partial charge in [-0.05, 0) is 56.2 Å². The lowest BCUT2D eigenvalue weighted by Gasteiger charge is -2.08. The fraction of sp³-hybridized carbons (Fsp3) is 0.125. The molecule has 0 atom stereocenters. The van der Waals surface area contributed by atoms with Gasteiger partial charge in [0.15, 0.2) is 5.76 Å². The Morgan fingerprint density at radius 1 is 1.03 bits per heavy atom. The minimum Gasteiger partial charge on any atom is -0.454 e. The highest BCUT2D eigenvalue weighted by Gasteiger charge is 2.17. The van der Waals surface area contributed by atoms with E-state index in [0.29, 0.717) is 22.3 Å². The number of aryl methyl sites for hydroxylation is 3. The van der Waals surface area contributed by atoms with Crippen LogP contribution in [0, 0.1) is 20.8 Å². The summed E-state index contributed by atoms with van der Waals surface area (Å²) in [6, 6.07) is 17.3. The number of furan rings is 1. The van der Waals surface area contributed by atoms with E-state index in [2.05, 4.69) is 10.4 Å². The van der Waals surface area contributed by atoms with Gasteiger partial charge in [0, 0.05) is 22.4 Å². The van der Waals surface area contributed by atoms with Gasteiger partial charge < -0.3 is 9.73 Å². The van der Waals surface area contributed by atoms with Crippen LogP contribution in [0.25, 0.3) is 27.6 Å². The van der Waals surface area contributed by atoms with E-state index in [0.717, 1.165) is 33.5 Å². The largest absolute Gasteiger partial charge is 0.454 e. The topological polar surface area (TPSA) is 73.0 Å². The zero-order valence-corrected chi connectivity index (χ0v) is 18.2. The number of aromatic nitrogens is 3. The predicted molar refractivity (Wildman–Crippen MR) is 123 cm³/mol. The molecule has 5 aromatic rings. The molecule has 0 saturated heterocycles. The van der Waals surface area contributed by atoms with Gasteiger partial charge >= 0.3 is 0 Å². The van der Waals surface area contributed by atoms with Crippen molar-refractivity contribution in [1.82, 2.24) is 14.8 Å². The fourth-order valence-corrected chi connectivity index (χ4v) is 4.16. The van der Waals surface area contributed by atoms with Crippen LogP contribution in [0.15, 0.2) is 64.4 Å². The summed E-state index contributed by atoms with van der Waals surface area (Å²) < 4.78 is 7.58. The number of nitrogens with zero attached hydrogens (tertiary/aromatic N) is 3. The third-order valence-electron chi connectivity index (χ3n) is 5.19. The number of anilines is 1. The number of thiazole rings is 1. The molecule has 1 amide bonds. The van der Waals surface area contributed by atoms with E-state index in [1.54, 1.807) is 4.68 Å². The molecule has 0 spiro atoms. The van der Waals surface area contributed by atoms with E-state index in [1.807, 2.05) is 80.7 Å². The molecule has 0 unspecified atom stereocenters. The van der Waals surface area contributed by atoms with Gasteiger partial charge in [0.05, 0.1) is 5.69 Å². The second kappa shape index (κ2) is 7.52. The number of fused-ring (bicyclic) bond motifs is 1. The minimum absolute atomic E-state index is 0.182. The first kappa shape index (κ1) is 19.3. The third kappa shape index (κ3) is 3.64. The standard InChI is InChI=1S/C24H20N4O2S/c1-14-8-9-18(10-15(14)2)23(29)26-22-11-16(3)27-28(22)24-25-19(13-31-24)21-12-17-6-4-5-7-20(17)30-21/h4-13H,1-3H3,(H,26,29). The SMILES string of the molecule is Cc1cc(NC(=O)c2ccc(C)c(C)c2)n(-c2nc(-c3cc4ccccc4o3)cs2)n1. The van der Waals surface area contributed by atoms with Gasteiger partial charge in [-0.3, -0.25) is 4.79 Å². The number of nitrogens with one attached hydrogen (secondary N) is 1. The van der Waals surface area contributed by atoms with Crippen molar-refractivity contribution >= 4 is 34.0 Å². The molecule has 0 aliphatic heterocycles. The van der Waals surface area contributed by atoms with E-state index in [4.69, 9.17) is 9.40 Å². The Labute approximate surface area is 183 Å². The fourth-order valence-electron chi connectivity index (χ4n) is 3.39. The molecule has 0 aliphatic rings. The first-order valence-electron chi connectivity index (χ1n) is 9.88. The number of para-hydroxylation sites is 1. The highest BCUT2D eigenvalue weighted by molar-refractivity contribution is 7.12. The van der Waals surface area contributed by atoms with Crippen LogP contribution in [0.1, 0.15) is 27.2 Å². The summed E-state index contributed by atoms with van der Waals surface area (Å²) in [5.41, 5.74) is 5.18. The predicted octanol–water partition coefficient (Wildman–Crippen LogP) is 5.92. The van der Waals surface area contributed by atoms with Crippen LogP contribution in [0.3, 0.4) is 0 Å². The number of amides is 1. The second-order valence-corrected chi connectivity index (χ2v) is 8.34. The lowest BCUT2D eigenvalue weighted by atomic mass is 10.1. The number of rotatable bonds is 4. The van der Waals surface area contributed by atoms with Crippen LogP contribution in [-0.4, -0.2) is 20.7 Å². The van der Waals surface area contributed by atoms with Crippen LogP contribution in [-0.2, 0) is 0 Å². The first-order valence-corrected chi connectivity index (χ1v) is 10.8. The molecular formula is C24H20N4O2S. The maximum atomic E-state index is 12.8. The van der Waals surface area contributed by atoms with Crippen molar-refractivity contribution in [3.8, 4) is 16.6 Å². The van der Waals surface area contributed by atoms with Crippen LogP contribution in [0.4, 0.5) is 5.82 Å². The smallest absolute Gasteiger partial charge is 0.256 e. The van der Waals surface area contributed by atoms with Crippen molar-refractivity contribution in [2.24, 2.45) is 0 Å². The van der Waals surface area contributed by atoms with Gasteiger partial charge in [-0.2, -0.15) is 9.78 Å². The lowest BCUT2D eigenvalue weighted by molar-refractivity contribution is 0.102. The summed E-state index contributed by atoms with van der Waals surface area (Å²) >= 11 is 1.44. The van der Waals surface area contributed by atoms with E-state index in [1.165, 1.54) is 11.3 Å². The zero-order valence-electron chi connectivity index (χ0n) is 17.3. The van der Waals surface area contributed by atoms with Crippen molar-refractivity contribution in [2.75, 3.05) is 5.32 Å². The summed E-state index contributed by atoms with van der Waals surface area (Å²) in [6.45, 7) is 5.91. The van der Waals surface area contributed by atoms with Crippen molar-refractivity contribution < 1.29 is 9.21 Å². The third-order valence-corrected chi connectivity index (χ3v) is 6.01. The van der Waals surface area contributed by atoms with Gasteiger partial charge in [0.25, 0.3) is 5.91 Å². The zero-order chi connectivity index (χ0) is 21.5. The molecule has 5 rings (SSSR count). The summed E-state index contributed by atoms with van der Waals surface area (Å²) in [5.74, 6) is 1.10. The highest BCUT2D eigenvalue weighted by Crippen LogP contribution is 2.30. The average molecular weight is 429 g/mol. The summed E-state index contributed by atoms with van der Waals surface area (Å²) in [4.78, 5) is 17.5. The molecule has 0 saturated carbocycles. The van der Waals surface area contributed by atoms with Gasteiger partial charge in [0.2, 0.25) is 5.13 Å². The number of benzene rings is 2. The van der Waals surface area contributed by atoms with E-state index in [9.17, 15) is 4.79 Å². The first-order chi connectivity index (χ1) is 15.0. The molecule has 2 aromatic carbocycles. The summed E-state index contributed by atoms with van der Waals surface area (Å²) in [5, 5.41) is 11.1. The Balaban J connectivity index is 1.45. The monoisotopic (exact) mass is 428 g/mol. The van der Waals surface area contributed by atoms with Gasteiger partial charge in [0.1, 0.15) is 17.1 Å². The van der Waals surface area contributed by atoms with E-state index in [-0.39, 0.29) is 5.91 Å². The Morgan fingerprint density at radius 2 is 1.87 bits per heavy atom. The van der Waals surface area contributed by atoms with Crippen LogP contribution < -0.4 is 5.32 Å². The van der Waals surface area contributed by atoms with E-state index >= 15 is 0 Å². The number of carbonyl (C=O) groups excluding carboxylic acids is 1. The molecule has 6 nitrogen and oxygen atoms in total. The molecule has 0 fully saturated rings. The van der Waals surface area contributed by atoms with Crippen LogP contribution in [0.2, 0.25) is 0 Å². The molecule has 0 bridgehead atoms. The Bertz CT molecular complexity index is 1390. The molecule has 154 valence electrons. The van der Waals surface area contributed by atoms with Crippen molar-refractivity contribution in [3.63, 3.8) is 0 Å². The maximum absolute atomic E-state index is 12.8. The van der Waals surface area contributed by atoms with Crippen molar-refractivity contribution in [1.29, 1.82) is 0 Å². The molecule has 3 heterocycles. The summed E-state index contributed by atoms with van der Waals surface area (Å²) in [7, 11) is 0. The molecular weight excluding hydrogens is 408 g/mol. The Kier molecular flexibility index (Phi) is 4.67. The quantitative estimate of drug-likeness (QED) is 0.386. The maximum Gasteiger partial charge on any atom is 0.256 e. The summed E-state index contributed by atoms with van der Waals surface area (Å²) in [6.07, 6.45) is 0. The molecule has 0 aliphatic carbocycles. The normalized spacial score (nSPS) is 11.2. The van der Waals surface area contributed by atoms with Crippen LogP contribution in [0.5, 0.6) is 0 Å². The van der Waals surface area contributed by atoms with Crippen molar-refractivity contribution in [2.45, 2.75) is 20.8 Å². The minimum atomic E-state index is -0.182. The lowest BCUT2D eigenvalue weighted by Crippen LogP contribution is -2.15. The number of hydrogen-bond donors (Lipinski definition) is 1. The van der Waals surface area contributed by atoms with Gasteiger partial charge in [-0.15, -0.1) is 11.3 Å². The van der Waals surface area contributed by atoms with Gasteiger partial charge in [-0.1, -0.05) is 24.3 Å². The second-order valence-electron chi connectivity index (χ2n) is 7.50. The van der Waals surface area contributed by atoms with Gasteiger partial charge in [-0.25, -0.2) is 4.98 Å². The van der Waals surface area contributed by atoms with E-state index < -0.39 is 0 Å². The number of hydrogen-bond acceptors (Lipinski definition) is 5. The Hall–Kier alpha value is -3.71. The highest BCUT2D eigenvalue weighted by atomic mass is 32.1. The average Bonchev–Trinajstić information content (AvgIpc) is 3.47.